The predicted octanol–water partition coefficient (Wildman–Crippen LogP) is 0.401. The first-order valence-corrected chi connectivity index (χ1v) is 5.22. The van der Waals surface area contributed by atoms with Gasteiger partial charge in [-0.2, -0.15) is 0 Å². The van der Waals surface area contributed by atoms with Gasteiger partial charge in [-0.25, -0.2) is 14.0 Å². The average molecular weight is 272 g/mol. The Morgan fingerprint density at radius 3 is 2.68 bits per heavy atom. The Bertz CT molecular complexity index is 480. The topological polar surface area (TPSA) is 108 Å². The number of anilines is 1. The van der Waals surface area contributed by atoms with Gasteiger partial charge in [0.05, 0.1) is 19.4 Å². The minimum Gasteiger partial charge on any atom is -0.494 e. The first kappa shape index (κ1) is 14.7. The number of halogens is 1. The number of carbonyl (C=O) groups is 2. The summed E-state index contributed by atoms with van der Waals surface area (Å²) < 4.78 is 17.8. The minimum atomic E-state index is -1.42. The summed E-state index contributed by atoms with van der Waals surface area (Å²) in [6.07, 6.45) is 0. The van der Waals surface area contributed by atoms with E-state index < -0.39 is 30.5 Å². The van der Waals surface area contributed by atoms with Crippen LogP contribution in [0, 0.1) is 5.82 Å². The Labute approximate surface area is 108 Å². The van der Waals surface area contributed by atoms with Crippen LogP contribution in [0.15, 0.2) is 18.2 Å². The predicted molar refractivity (Wildman–Crippen MR) is 63.6 cm³/mol. The molecule has 7 nitrogen and oxygen atoms in total. The van der Waals surface area contributed by atoms with Crippen LogP contribution in [0.2, 0.25) is 0 Å². The largest absolute Gasteiger partial charge is 0.494 e. The van der Waals surface area contributed by atoms with Crippen molar-refractivity contribution in [3.05, 3.63) is 24.0 Å². The van der Waals surface area contributed by atoms with Crippen LogP contribution in [-0.2, 0) is 4.79 Å². The molecule has 0 aliphatic rings. The number of carboxylic acids is 1. The molecule has 0 saturated carbocycles. The van der Waals surface area contributed by atoms with Gasteiger partial charge in [0.25, 0.3) is 0 Å². The van der Waals surface area contributed by atoms with E-state index in [2.05, 4.69) is 5.32 Å². The number of nitrogens with one attached hydrogen (secondary N) is 2. The number of hydrogen-bond acceptors (Lipinski definition) is 4. The number of benzene rings is 1. The molecule has 104 valence electrons. The molecule has 19 heavy (non-hydrogen) atoms. The number of aliphatic carboxylic acids is 1. The van der Waals surface area contributed by atoms with Gasteiger partial charge in [-0.05, 0) is 12.1 Å². The lowest BCUT2D eigenvalue weighted by atomic mass is 10.3. The van der Waals surface area contributed by atoms with Crippen molar-refractivity contribution in [2.75, 3.05) is 19.0 Å². The molecule has 0 fully saturated rings. The third-order valence-electron chi connectivity index (χ3n) is 2.20. The molecule has 4 N–H and O–H groups in total. The lowest BCUT2D eigenvalue weighted by Gasteiger charge is -2.14. The smallest absolute Gasteiger partial charge is 0.328 e. The molecule has 0 aliphatic heterocycles. The van der Waals surface area contributed by atoms with Crippen LogP contribution >= 0.6 is 0 Å². The van der Waals surface area contributed by atoms with E-state index in [1.165, 1.54) is 13.2 Å². The standard InChI is InChI=1S/C11H13FN2O5/c1-19-9-4-6(12)2-3-7(9)13-11(18)14-8(5-15)10(16)17/h2-4,8,15H,5H2,1H3,(H,16,17)(H2,13,14,18). The van der Waals surface area contributed by atoms with Crippen LogP contribution in [-0.4, -0.2) is 42.0 Å². The summed E-state index contributed by atoms with van der Waals surface area (Å²) in [6, 6.07) is 1.16. The van der Waals surface area contributed by atoms with Crippen molar-refractivity contribution in [2.45, 2.75) is 6.04 Å². The summed E-state index contributed by atoms with van der Waals surface area (Å²) in [5.74, 6) is -1.82. The third kappa shape index (κ3) is 4.11. The van der Waals surface area contributed by atoms with Crippen molar-refractivity contribution >= 4 is 17.7 Å². The van der Waals surface area contributed by atoms with Crippen LogP contribution in [0.5, 0.6) is 5.75 Å². The first-order chi connectivity index (χ1) is 8.97. The van der Waals surface area contributed by atoms with Crippen LogP contribution in [0.1, 0.15) is 0 Å². The van der Waals surface area contributed by atoms with Crippen molar-refractivity contribution in [3.63, 3.8) is 0 Å². The van der Waals surface area contributed by atoms with Crippen LogP contribution in [0.25, 0.3) is 0 Å². The van der Waals surface area contributed by atoms with E-state index in [1.54, 1.807) is 0 Å². The SMILES string of the molecule is COc1cc(F)ccc1NC(=O)NC(CO)C(=O)O. The zero-order valence-electron chi connectivity index (χ0n) is 10.0. The number of urea groups is 1. The molecule has 0 aliphatic carbocycles. The number of aliphatic hydroxyl groups is 1. The molecular weight excluding hydrogens is 259 g/mol. The molecule has 0 aromatic heterocycles. The number of ether oxygens (including phenoxy) is 1. The van der Waals surface area contributed by atoms with Gasteiger partial charge in [0.15, 0.2) is 6.04 Å². The number of hydrogen-bond donors (Lipinski definition) is 4. The fourth-order valence-electron chi connectivity index (χ4n) is 1.27. The molecule has 2 amide bonds. The highest BCUT2D eigenvalue weighted by atomic mass is 19.1. The lowest BCUT2D eigenvalue weighted by molar-refractivity contribution is -0.140. The van der Waals surface area contributed by atoms with Crippen LogP contribution in [0.4, 0.5) is 14.9 Å². The zero-order chi connectivity index (χ0) is 14.4. The van der Waals surface area contributed by atoms with E-state index >= 15 is 0 Å². The summed E-state index contributed by atoms with van der Waals surface area (Å²) in [7, 11) is 1.30. The Hall–Kier alpha value is -2.35. The number of carbonyl (C=O) groups excluding carboxylic acids is 1. The van der Waals surface area contributed by atoms with Gasteiger partial charge < -0.3 is 25.6 Å². The molecular formula is C11H13FN2O5. The van der Waals surface area contributed by atoms with Crippen molar-refractivity contribution in [3.8, 4) is 5.75 Å². The number of amides is 2. The normalized spacial score (nSPS) is 11.5. The van der Waals surface area contributed by atoms with Crippen molar-refractivity contribution < 1.29 is 28.9 Å². The van der Waals surface area contributed by atoms with Gasteiger partial charge in [-0.3, -0.25) is 0 Å². The average Bonchev–Trinajstić information content (AvgIpc) is 2.37. The maximum absolute atomic E-state index is 12.9. The first-order valence-electron chi connectivity index (χ1n) is 5.22. The number of rotatable bonds is 5. The monoisotopic (exact) mass is 272 g/mol. The van der Waals surface area contributed by atoms with E-state index in [1.807, 2.05) is 5.32 Å². The van der Waals surface area contributed by atoms with Gasteiger partial charge in [-0.1, -0.05) is 0 Å². The molecule has 1 atom stereocenters. The maximum atomic E-state index is 12.9. The van der Waals surface area contributed by atoms with Crippen LogP contribution < -0.4 is 15.4 Å². The van der Waals surface area contributed by atoms with E-state index in [9.17, 15) is 14.0 Å². The second-order valence-corrected chi connectivity index (χ2v) is 3.52. The molecule has 0 spiro atoms. The molecule has 0 radical (unpaired) electrons. The maximum Gasteiger partial charge on any atom is 0.328 e. The van der Waals surface area contributed by atoms with Crippen molar-refractivity contribution in [1.82, 2.24) is 5.32 Å². The Morgan fingerprint density at radius 1 is 1.47 bits per heavy atom. The second kappa shape index (κ2) is 6.55. The van der Waals surface area contributed by atoms with Crippen LogP contribution in [0.3, 0.4) is 0 Å². The summed E-state index contributed by atoms with van der Waals surface area (Å²) in [6.45, 7) is -0.747. The van der Waals surface area contributed by atoms with Gasteiger partial charge in [0.1, 0.15) is 11.6 Å². The Balaban J connectivity index is 2.74. The number of methoxy groups -OCH3 is 1. The lowest BCUT2D eigenvalue weighted by Crippen LogP contribution is -2.45. The number of carboxylic acid groups (broad SMARTS) is 1. The summed E-state index contributed by atoms with van der Waals surface area (Å²) in [5.41, 5.74) is 0.170. The highest BCUT2D eigenvalue weighted by Crippen LogP contribution is 2.24. The quantitative estimate of drug-likeness (QED) is 0.620. The van der Waals surface area contributed by atoms with Gasteiger partial charge in [0, 0.05) is 6.07 Å². The second-order valence-electron chi connectivity index (χ2n) is 3.52. The molecule has 1 unspecified atom stereocenters. The highest BCUT2D eigenvalue weighted by Gasteiger charge is 2.19. The Kier molecular flexibility index (Phi) is 5.07. The fourth-order valence-corrected chi connectivity index (χ4v) is 1.27. The Morgan fingerprint density at radius 2 is 2.16 bits per heavy atom. The molecule has 0 heterocycles. The molecule has 8 heteroatoms. The van der Waals surface area contributed by atoms with Crippen molar-refractivity contribution in [2.24, 2.45) is 0 Å². The van der Waals surface area contributed by atoms with Gasteiger partial charge in [-0.15, -0.1) is 0 Å². The van der Waals surface area contributed by atoms with E-state index in [0.717, 1.165) is 12.1 Å². The van der Waals surface area contributed by atoms with Gasteiger partial charge in [0.2, 0.25) is 0 Å². The summed E-state index contributed by atoms with van der Waals surface area (Å²) >= 11 is 0. The highest BCUT2D eigenvalue weighted by molar-refractivity contribution is 5.93. The third-order valence-corrected chi connectivity index (χ3v) is 2.20. The van der Waals surface area contributed by atoms with Gasteiger partial charge >= 0.3 is 12.0 Å². The fraction of sp³-hybridized carbons (Fsp3) is 0.273. The van der Waals surface area contributed by atoms with Crippen molar-refractivity contribution in [1.29, 1.82) is 0 Å². The minimum absolute atomic E-state index is 0.0889. The van der Waals surface area contributed by atoms with E-state index in [-0.39, 0.29) is 11.4 Å². The molecule has 0 saturated heterocycles. The molecule has 1 rings (SSSR count). The molecule has 1 aromatic carbocycles. The summed E-state index contributed by atoms with van der Waals surface area (Å²) in [4.78, 5) is 22.1. The van der Waals surface area contributed by atoms with E-state index in [0.29, 0.717) is 0 Å². The summed E-state index contributed by atoms with van der Waals surface area (Å²) in [5, 5.41) is 21.7. The molecule has 1 aromatic rings. The zero-order valence-corrected chi connectivity index (χ0v) is 10.0. The number of aliphatic hydroxyl groups excluding tert-OH is 1. The molecule has 0 bridgehead atoms. The van der Waals surface area contributed by atoms with E-state index in [4.69, 9.17) is 14.9 Å².